The molecule has 1 heterocycles. The molecule has 4 rings (SSSR count). The highest BCUT2D eigenvalue weighted by atomic mass is 19.4. The van der Waals surface area contributed by atoms with E-state index in [9.17, 15) is 18.0 Å². The predicted molar refractivity (Wildman–Crippen MR) is 86.1 cm³/mol. The molecule has 0 radical (unpaired) electrons. The molecule has 0 bridgehead atoms. The first-order valence-electron chi connectivity index (χ1n) is 7.54. The summed E-state index contributed by atoms with van der Waals surface area (Å²) >= 11 is 0. The fourth-order valence-electron chi connectivity index (χ4n) is 3.06. The Labute approximate surface area is 145 Å². The lowest BCUT2D eigenvalue weighted by molar-refractivity contribution is -0.141. The summed E-state index contributed by atoms with van der Waals surface area (Å²) < 4.78 is 40.6. The van der Waals surface area contributed by atoms with E-state index < -0.39 is 17.7 Å². The van der Waals surface area contributed by atoms with E-state index in [1.807, 2.05) is 6.07 Å². The summed E-state index contributed by atoms with van der Waals surface area (Å²) in [7, 11) is 0. The second-order valence-electron chi connectivity index (χ2n) is 5.71. The molecular formula is C19H8F3N3O. The van der Waals surface area contributed by atoms with Crippen molar-refractivity contribution in [3.05, 3.63) is 70.9 Å². The van der Waals surface area contributed by atoms with Crippen molar-refractivity contribution in [3.8, 4) is 28.5 Å². The van der Waals surface area contributed by atoms with Gasteiger partial charge in [-0.3, -0.25) is 4.79 Å². The van der Waals surface area contributed by atoms with Crippen molar-refractivity contribution in [2.24, 2.45) is 0 Å². The van der Waals surface area contributed by atoms with Gasteiger partial charge in [-0.2, -0.15) is 18.4 Å². The van der Waals surface area contributed by atoms with Crippen molar-refractivity contribution in [2.75, 3.05) is 0 Å². The minimum Gasteiger partial charge on any atom is -0.288 e. The Balaban J connectivity index is 2.06. The highest BCUT2D eigenvalue weighted by Gasteiger charge is 2.42. The van der Waals surface area contributed by atoms with Crippen LogP contribution in [0, 0.1) is 11.3 Å². The van der Waals surface area contributed by atoms with Gasteiger partial charge in [0, 0.05) is 16.7 Å². The number of hydrogen-bond acceptors (Lipinski definition) is 4. The molecule has 0 unspecified atom stereocenters. The summed E-state index contributed by atoms with van der Waals surface area (Å²) in [6.07, 6.45) is -4.78. The molecule has 7 heteroatoms. The van der Waals surface area contributed by atoms with Gasteiger partial charge in [-0.15, -0.1) is 10.2 Å². The van der Waals surface area contributed by atoms with Gasteiger partial charge in [0.2, 0.25) is 0 Å². The molecule has 1 aliphatic rings. The second kappa shape index (κ2) is 5.49. The average molecular weight is 351 g/mol. The topological polar surface area (TPSA) is 66.6 Å². The molecule has 26 heavy (non-hydrogen) atoms. The van der Waals surface area contributed by atoms with E-state index in [-0.39, 0.29) is 22.4 Å². The molecule has 4 nitrogen and oxygen atoms in total. The maximum atomic E-state index is 13.5. The normalized spacial score (nSPS) is 12.5. The quantitative estimate of drug-likeness (QED) is 0.514. The predicted octanol–water partition coefficient (Wildman–Crippen LogP) is 4.25. The van der Waals surface area contributed by atoms with Crippen LogP contribution in [0.15, 0.2) is 48.5 Å². The molecule has 3 aromatic rings. The SMILES string of the molecule is N#Cc1ccc(-c2c(C(F)(F)F)nnc3c2C(=O)c2ccccc2-3)cc1. The summed E-state index contributed by atoms with van der Waals surface area (Å²) in [6.45, 7) is 0. The second-order valence-corrected chi connectivity index (χ2v) is 5.71. The molecule has 0 saturated heterocycles. The fourth-order valence-corrected chi connectivity index (χ4v) is 3.06. The lowest BCUT2D eigenvalue weighted by atomic mass is 9.95. The number of ketones is 1. The minimum atomic E-state index is -4.78. The summed E-state index contributed by atoms with van der Waals surface area (Å²) in [5.41, 5.74) is -0.291. The van der Waals surface area contributed by atoms with Crippen LogP contribution < -0.4 is 0 Å². The van der Waals surface area contributed by atoms with Crippen LogP contribution in [0.5, 0.6) is 0 Å². The lowest BCUT2D eigenvalue weighted by Crippen LogP contribution is -2.15. The van der Waals surface area contributed by atoms with Gasteiger partial charge in [0.25, 0.3) is 0 Å². The van der Waals surface area contributed by atoms with Crippen LogP contribution in [-0.4, -0.2) is 16.0 Å². The molecule has 1 aromatic heterocycles. The van der Waals surface area contributed by atoms with Gasteiger partial charge >= 0.3 is 6.18 Å². The highest BCUT2D eigenvalue weighted by molar-refractivity contribution is 6.24. The molecule has 0 amide bonds. The van der Waals surface area contributed by atoms with Crippen molar-refractivity contribution < 1.29 is 18.0 Å². The molecule has 0 atom stereocenters. The Morgan fingerprint density at radius 1 is 0.885 bits per heavy atom. The number of benzene rings is 2. The van der Waals surface area contributed by atoms with Crippen molar-refractivity contribution in [1.29, 1.82) is 5.26 Å². The van der Waals surface area contributed by atoms with Crippen LogP contribution in [0.4, 0.5) is 13.2 Å². The molecule has 0 N–H and O–H groups in total. The maximum absolute atomic E-state index is 13.5. The molecule has 126 valence electrons. The number of nitriles is 1. The monoisotopic (exact) mass is 351 g/mol. The molecule has 0 saturated carbocycles. The first kappa shape index (κ1) is 16.0. The lowest BCUT2D eigenvalue weighted by Gasteiger charge is -2.14. The molecule has 0 aliphatic heterocycles. The largest absolute Gasteiger partial charge is 0.435 e. The van der Waals surface area contributed by atoms with E-state index in [0.29, 0.717) is 16.7 Å². The number of alkyl halides is 3. The molecule has 2 aromatic carbocycles. The van der Waals surface area contributed by atoms with Crippen LogP contribution in [-0.2, 0) is 6.18 Å². The van der Waals surface area contributed by atoms with Gasteiger partial charge in [-0.1, -0.05) is 36.4 Å². The minimum absolute atomic E-state index is 0.113. The average Bonchev–Trinajstić information content (AvgIpc) is 2.93. The third-order valence-corrected chi connectivity index (χ3v) is 4.20. The summed E-state index contributed by atoms with van der Waals surface area (Å²) in [5, 5.41) is 16.0. The van der Waals surface area contributed by atoms with E-state index in [4.69, 9.17) is 5.26 Å². The Morgan fingerprint density at radius 3 is 2.15 bits per heavy atom. The van der Waals surface area contributed by atoms with Crippen LogP contribution in [0.1, 0.15) is 27.2 Å². The molecule has 1 aliphatic carbocycles. The van der Waals surface area contributed by atoms with Gasteiger partial charge in [0.1, 0.15) is 5.69 Å². The number of carbonyl (C=O) groups is 1. The third kappa shape index (κ3) is 2.27. The molecular weight excluding hydrogens is 343 g/mol. The third-order valence-electron chi connectivity index (χ3n) is 4.20. The van der Waals surface area contributed by atoms with Crippen LogP contribution in [0.25, 0.3) is 22.4 Å². The number of hydrogen-bond donors (Lipinski definition) is 0. The number of aromatic nitrogens is 2. The number of rotatable bonds is 1. The number of nitrogens with zero attached hydrogens (tertiary/aromatic N) is 3. The van der Waals surface area contributed by atoms with Crippen LogP contribution in [0.3, 0.4) is 0 Å². The number of fused-ring (bicyclic) bond motifs is 3. The van der Waals surface area contributed by atoms with Crippen molar-refractivity contribution in [2.45, 2.75) is 6.18 Å². The smallest absolute Gasteiger partial charge is 0.288 e. The highest BCUT2D eigenvalue weighted by Crippen LogP contribution is 2.44. The summed E-state index contributed by atoms with van der Waals surface area (Å²) in [6, 6.07) is 14.0. The Hall–Kier alpha value is -3.53. The summed E-state index contributed by atoms with van der Waals surface area (Å²) in [4.78, 5) is 12.8. The summed E-state index contributed by atoms with van der Waals surface area (Å²) in [5.74, 6) is -0.518. The first-order chi connectivity index (χ1) is 12.4. The zero-order chi connectivity index (χ0) is 18.5. The maximum Gasteiger partial charge on any atom is 0.435 e. The van der Waals surface area contributed by atoms with E-state index in [2.05, 4.69) is 10.2 Å². The molecule has 0 fully saturated rings. The van der Waals surface area contributed by atoms with E-state index >= 15 is 0 Å². The molecule has 0 spiro atoms. The van der Waals surface area contributed by atoms with E-state index in [0.717, 1.165) is 0 Å². The van der Waals surface area contributed by atoms with Gasteiger partial charge < -0.3 is 0 Å². The standard InChI is InChI=1S/C19H8F3N3O/c20-19(21,22)18-14(11-7-5-10(9-23)6-8-11)15-16(24-25-18)12-3-1-2-4-13(12)17(15)26/h1-8H. The van der Waals surface area contributed by atoms with Gasteiger partial charge in [0.05, 0.1) is 17.2 Å². The van der Waals surface area contributed by atoms with Gasteiger partial charge in [-0.25, -0.2) is 0 Å². The van der Waals surface area contributed by atoms with E-state index in [1.165, 1.54) is 24.3 Å². The zero-order valence-electron chi connectivity index (χ0n) is 13.0. The van der Waals surface area contributed by atoms with Gasteiger partial charge in [0.15, 0.2) is 11.5 Å². The Morgan fingerprint density at radius 2 is 1.54 bits per heavy atom. The van der Waals surface area contributed by atoms with Crippen molar-refractivity contribution in [3.63, 3.8) is 0 Å². The number of carbonyl (C=O) groups excluding carboxylic acids is 1. The number of halogens is 3. The first-order valence-corrected chi connectivity index (χ1v) is 7.54. The van der Waals surface area contributed by atoms with Crippen molar-refractivity contribution >= 4 is 5.78 Å². The zero-order valence-corrected chi connectivity index (χ0v) is 13.0. The van der Waals surface area contributed by atoms with Gasteiger partial charge in [-0.05, 0) is 17.7 Å². The van der Waals surface area contributed by atoms with E-state index in [1.54, 1.807) is 24.3 Å². The van der Waals surface area contributed by atoms with Crippen molar-refractivity contribution in [1.82, 2.24) is 10.2 Å². The Kier molecular flexibility index (Phi) is 3.37. The van der Waals surface area contributed by atoms with Crippen LogP contribution in [0.2, 0.25) is 0 Å². The Bertz CT molecular complexity index is 1100. The van der Waals surface area contributed by atoms with Crippen LogP contribution >= 0.6 is 0 Å². The fraction of sp³-hybridized carbons (Fsp3) is 0.0526.